The van der Waals surface area contributed by atoms with Crippen LogP contribution in [-0.4, -0.2) is 64.9 Å². The van der Waals surface area contributed by atoms with Gasteiger partial charge in [-0.05, 0) is 68.9 Å². The summed E-state index contributed by atoms with van der Waals surface area (Å²) in [6.07, 6.45) is -4.44. The van der Waals surface area contributed by atoms with Gasteiger partial charge in [0.1, 0.15) is 18.1 Å². The molecule has 0 unspecified atom stereocenters. The lowest BCUT2D eigenvalue weighted by molar-refractivity contribution is -0.141. The number of alkyl halides is 3. The molecule has 15 heteroatoms. The Labute approximate surface area is 296 Å². The highest BCUT2D eigenvalue weighted by atomic mass is 32.2. The normalized spacial score (nSPS) is 16.4. The minimum absolute atomic E-state index is 0.00798. The number of nitrogens with one attached hydrogen (secondary N) is 1. The lowest BCUT2D eigenvalue weighted by atomic mass is 9.87. The van der Waals surface area contributed by atoms with Crippen molar-refractivity contribution in [3.05, 3.63) is 82.8 Å². The van der Waals surface area contributed by atoms with Crippen molar-refractivity contribution in [1.29, 1.82) is 0 Å². The van der Waals surface area contributed by atoms with Gasteiger partial charge in [0.25, 0.3) is 15.9 Å². The average molecular weight is 726 g/mol. The first-order chi connectivity index (χ1) is 23.7. The number of hydrogen-bond donors (Lipinski definition) is 1. The maximum atomic E-state index is 14.5. The van der Waals surface area contributed by atoms with Crippen molar-refractivity contribution in [2.24, 2.45) is 5.41 Å². The largest absolute Gasteiger partial charge is 0.475 e. The minimum atomic E-state index is -4.78. The molecule has 272 valence electrons. The predicted octanol–water partition coefficient (Wildman–Crippen LogP) is 7.05. The molecule has 2 aromatic carbocycles. The number of sulfonamides is 1. The first kappa shape index (κ1) is 37.5. The molecule has 0 spiro atoms. The average Bonchev–Trinajstić information content (AvgIpc) is 3.03. The fourth-order valence-corrected chi connectivity index (χ4v) is 6.83. The Morgan fingerprint density at radius 2 is 1.65 bits per heavy atom. The Bertz CT molecular complexity index is 2030. The topological polar surface area (TPSA) is 131 Å². The van der Waals surface area contributed by atoms with Gasteiger partial charge in [0.15, 0.2) is 5.82 Å². The molecular weight excluding hydrogens is 684 g/mol. The smallest absolute Gasteiger partial charge is 0.433 e. The summed E-state index contributed by atoms with van der Waals surface area (Å²) < 4.78 is 78.5. The van der Waals surface area contributed by atoms with Gasteiger partial charge in [-0.3, -0.25) is 4.79 Å². The standard InChI is InChI=1S/C36H42F3N7O4S/c1-21(2)45(8)30-17-28(36(37,38)39)41-29(42-30)19-46-25(18-35(5,6)7)20-50-31-16-27(32-22(3)11-9-12-23(32)4)40-34(43-31)44-51(48,49)26-14-10-13-24(15-26)33(46)47/h9-17,21,25H,18-20H2,1-8H3,(H,40,43,44)/t25-/m1/s1. The maximum Gasteiger partial charge on any atom is 0.433 e. The van der Waals surface area contributed by atoms with E-state index in [0.717, 1.165) is 22.8 Å². The fraction of sp³-hybridized carbons (Fsp3) is 0.417. The molecule has 0 radical (unpaired) electrons. The predicted molar refractivity (Wildman–Crippen MR) is 188 cm³/mol. The van der Waals surface area contributed by atoms with Gasteiger partial charge in [0, 0.05) is 36.3 Å². The summed E-state index contributed by atoms with van der Waals surface area (Å²) >= 11 is 0. The number of fused-ring (bicyclic) bond motifs is 4. The van der Waals surface area contributed by atoms with Gasteiger partial charge in [-0.1, -0.05) is 45.0 Å². The number of rotatable bonds is 6. The van der Waals surface area contributed by atoms with Crippen LogP contribution in [0.1, 0.15) is 74.0 Å². The summed E-state index contributed by atoms with van der Waals surface area (Å²) in [6, 6.07) is 12.7. The summed E-state index contributed by atoms with van der Waals surface area (Å²) in [5, 5.41) is 0. The number of aromatic nitrogens is 4. The van der Waals surface area contributed by atoms with Gasteiger partial charge >= 0.3 is 6.18 Å². The fourth-order valence-electron chi connectivity index (χ4n) is 5.84. The highest BCUT2D eigenvalue weighted by Crippen LogP contribution is 2.33. The van der Waals surface area contributed by atoms with Crippen molar-refractivity contribution in [2.75, 3.05) is 23.3 Å². The maximum absolute atomic E-state index is 14.5. The molecule has 4 bridgehead atoms. The number of anilines is 2. The van der Waals surface area contributed by atoms with E-state index in [4.69, 9.17) is 4.74 Å². The van der Waals surface area contributed by atoms with Crippen LogP contribution in [0.2, 0.25) is 0 Å². The van der Waals surface area contributed by atoms with E-state index in [2.05, 4.69) is 24.7 Å². The van der Waals surface area contributed by atoms with Crippen LogP contribution in [0.5, 0.6) is 5.88 Å². The number of carbonyl (C=O) groups is 1. The number of amides is 1. The molecule has 11 nitrogen and oxygen atoms in total. The first-order valence-corrected chi connectivity index (χ1v) is 17.9. The Morgan fingerprint density at radius 3 is 2.27 bits per heavy atom. The first-order valence-electron chi connectivity index (χ1n) is 16.4. The Morgan fingerprint density at radius 1 is 0.980 bits per heavy atom. The molecule has 0 saturated heterocycles. The zero-order valence-electron chi connectivity index (χ0n) is 29.8. The molecule has 1 N–H and O–H groups in total. The number of benzene rings is 2. The van der Waals surface area contributed by atoms with Crippen molar-refractivity contribution in [1.82, 2.24) is 24.8 Å². The van der Waals surface area contributed by atoms with Gasteiger partial charge in [-0.15, -0.1) is 0 Å². The van der Waals surface area contributed by atoms with Crippen molar-refractivity contribution in [3.8, 4) is 17.1 Å². The van der Waals surface area contributed by atoms with E-state index in [1.54, 1.807) is 18.0 Å². The van der Waals surface area contributed by atoms with Crippen LogP contribution < -0.4 is 14.4 Å². The van der Waals surface area contributed by atoms with Crippen molar-refractivity contribution in [3.63, 3.8) is 0 Å². The summed E-state index contributed by atoms with van der Waals surface area (Å²) in [5.74, 6) is -1.04. The molecule has 1 aliphatic heterocycles. The summed E-state index contributed by atoms with van der Waals surface area (Å²) in [5.41, 5.74) is 1.41. The summed E-state index contributed by atoms with van der Waals surface area (Å²) in [6.45, 7) is 12.8. The van der Waals surface area contributed by atoms with E-state index in [1.807, 2.05) is 66.7 Å². The van der Waals surface area contributed by atoms with Crippen LogP contribution in [-0.2, 0) is 22.7 Å². The number of halogens is 3. The van der Waals surface area contributed by atoms with E-state index in [1.165, 1.54) is 29.2 Å². The molecule has 1 aliphatic rings. The molecule has 2 aromatic heterocycles. The van der Waals surface area contributed by atoms with Crippen LogP contribution in [0.3, 0.4) is 0 Å². The van der Waals surface area contributed by atoms with E-state index in [-0.39, 0.29) is 46.6 Å². The van der Waals surface area contributed by atoms with Crippen LogP contribution in [0.4, 0.5) is 24.9 Å². The number of carbonyl (C=O) groups excluding carboxylic acids is 1. The molecule has 0 aliphatic carbocycles. The second-order valence-corrected chi connectivity index (χ2v) is 15.9. The zero-order valence-corrected chi connectivity index (χ0v) is 30.6. The van der Waals surface area contributed by atoms with E-state index in [0.29, 0.717) is 12.1 Å². The third-order valence-corrected chi connectivity index (χ3v) is 9.85. The Balaban J connectivity index is 1.70. The Kier molecular flexibility index (Phi) is 10.3. The molecule has 4 aromatic rings. The van der Waals surface area contributed by atoms with Gasteiger partial charge < -0.3 is 14.5 Å². The third-order valence-electron chi connectivity index (χ3n) is 8.53. The molecule has 3 heterocycles. The monoisotopic (exact) mass is 725 g/mol. The number of hydrogen-bond acceptors (Lipinski definition) is 9. The van der Waals surface area contributed by atoms with Crippen LogP contribution in [0.25, 0.3) is 11.3 Å². The lowest BCUT2D eigenvalue weighted by Gasteiger charge is -2.35. The van der Waals surface area contributed by atoms with Gasteiger partial charge in [-0.25, -0.2) is 28.1 Å². The highest BCUT2D eigenvalue weighted by Gasteiger charge is 2.36. The van der Waals surface area contributed by atoms with Crippen LogP contribution in [0.15, 0.2) is 59.5 Å². The number of ether oxygens (including phenoxy) is 1. The number of aryl methyl sites for hydroxylation is 2. The molecule has 51 heavy (non-hydrogen) atoms. The molecule has 0 fully saturated rings. The molecule has 1 amide bonds. The lowest BCUT2D eigenvalue weighted by Crippen LogP contribution is -2.45. The SMILES string of the molecule is Cc1cccc(C)c1-c1cc2nc(n1)NS(=O)(=O)c1cccc(c1)C(=O)N(Cc1nc(N(C)C(C)C)cc(C(F)(F)F)n1)[C@H](CC(C)(C)C)CO2. The van der Waals surface area contributed by atoms with Crippen molar-refractivity contribution >= 4 is 27.7 Å². The second kappa shape index (κ2) is 14.1. The zero-order chi connectivity index (χ0) is 37.5. The molecule has 5 rings (SSSR count). The second-order valence-electron chi connectivity index (χ2n) is 14.2. The van der Waals surface area contributed by atoms with E-state index in [9.17, 15) is 26.4 Å². The van der Waals surface area contributed by atoms with Crippen LogP contribution in [0, 0.1) is 19.3 Å². The van der Waals surface area contributed by atoms with Gasteiger partial charge in [-0.2, -0.15) is 18.2 Å². The third kappa shape index (κ3) is 8.75. The summed E-state index contributed by atoms with van der Waals surface area (Å²) in [7, 11) is -2.70. The molecular formula is C36H42F3N7O4S. The molecule has 0 saturated carbocycles. The van der Waals surface area contributed by atoms with Crippen molar-refractivity contribution < 1.29 is 31.1 Å². The van der Waals surface area contributed by atoms with Crippen LogP contribution >= 0.6 is 0 Å². The van der Waals surface area contributed by atoms with Gasteiger partial charge in [0.2, 0.25) is 11.8 Å². The van der Waals surface area contributed by atoms with E-state index >= 15 is 0 Å². The minimum Gasteiger partial charge on any atom is -0.475 e. The molecule has 1 atom stereocenters. The van der Waals surface area contributed by atoms with E-state index < -0.39 is 45.8 Å². The quantitative estimate of drug-likeness (QED) is 0.222. The number of nitrogens with zero attached hydrogens (tertiary/aromatic N) is 6. The Hall–Kier alpha value is -4.79. The highest BCUT2D eigenvalue weighted by molar-refractivity contribution is 7.92. The summed E-state index contributed by atoms with van der Waals surface area (Å²) in [4.78, 5) is 34.4. The van der Waals surface area contributed by atoms with Gasteiger partial charge in [0.05, 0.1) is 23.2 Å². The van der Waals surface area contributed by atoms with Crippen molar-refractivity contribution in [2.45, 2.75) is 84.6 Å².